The van der Waals surface area contributed by atoms with Crippen LogP contribution in [0.5, 0.6) is 5.75 Å². The van der Waals surface area contributed by atoms with Gasteiger partial charge in [0.2, 0.25) is 10.0 Å². The summed E-state index contributed by atoms with van der Waals surface area (Å²) in [6, 6.07) is 10.7. The van der Waals surface area contributed by atoms with Crippen molar-refractivity contribution in [2.24, 2.45) is 0 Å². The molecule has 1 aliphatic carbocycles. The van der Waals surface area contributed by atoms with E-state index in [0.29, 0.717) is 18.8 Å². The van der Waals surface area contributed by atoms with Gasteiger partial charge in [0.25, 0.3) is 5.91 Å². The molecule has 2 aromatic rings. The number of aryl methyl sites for hydroxylation is 2. The molecule has 0 aromatic heterocycles. The first-order valence-electron chi connectivity index (χ1n) is 11.0. The zero-order valence-electron chi connectivity index (χ0n) is 18.2. The number of carbonyl (C=O) groups excluding carboxylic acids is 1. The minimum Gasteiger partial charge on any atom is -0.496 e. The van der Waals surface area contributed by atoms with E-state index in [0.717, 1.165) is 31.2 Å². The third-order valence-electron chi connectivity index (χ3n) is 6.34. The quantitative estimate of drug-likeness (QED) is 0.737. The molecule has 0 saturated carbocycles. The summed E-state index contributed by atoms with van der Waals surface area (Å²) >= 11 is 0. The van der Waals surface area contributed by atoms with Gasteiger partial charge in [0, 0.05) is 13.1 Å². The summed E-state index contributed by atoms with van der Waals surface area (Å²) in [5, 5.41) is 3.01. The minimum absolute atomic E-state index is 0.127. The predicted molar refractivity (Wildman–Crippen MR) is 120 cm³/mol. The lowest BCUT2D eigenvalue weighted by Crippen LogP contribution is -2.29. The molecule has 31 heavy (non-hydrogen) atoms. The van der Waals surface area contributed by atoms with Gasteiger partial charge in [-0.05, 0) is 80.3 Å². The molecule has 2 aliphatic rings. The van der Waals surface area contributed by atoms with Crippen molar-refractivity contribution >= 4 is 15.9 Å². The fourth-order valence-electron chi connectivity index (χ4n) is 4.48. The highest BCUT2D eigenvalue weighted by Crippen LogP contribution is 2.28. The number of amides is 1. The zero-order chi connectivity index (χ0) is 22.0. The van der Waals surface area contributed by atoms with Gasteiger partial charge in [0.05, 0.1) is 23.6 Å². The fraction of sp³-hybridized carbons (Fsp3) is 0.458. The first-order valence-corrected chi connectivity index (χ1v) is 12.4. The molecular formula is C24H30N2O4S. The van der Waals surface area contributed by atoms with Crippen LogP contribution >= 0.6 is 0 Å². The molecule has 0 bridgehead atoms. The van der Waals surface area contributed by atoms with E-state index in [1.165, 1.54) is 47.5 Å². The molecule has 1 fully saturated rings. The molecule has 1 N–H and O–H groups in total. The Morgan fingerprint density at radius 3 is 2.42 bits per heavy atom. The van der Waals surface area contributed by atoms with Crippen molar-refractivity contribution in [2.75, 3.05) is 20.2 Å². The smallest absolute Gasteiger partial charge is 0.255 e. The Kier molecular flexibility index (Phi) is 6.34. The van der Waals surface area contributed by atoms with Crippen molar-refractivity contribution in [1.82, 2.24) is 9.62 Å². The molecule has 1 heterocycles. The number of nitrogens with zero attached hydrogens (tertiary/aromatic N) is 1. The van der Waals surface area contributed by atoms with E-state index in [4.69, 9.17) is 4.74 Å². The summed E-state index contributed by atoms with van der Waals surface area (Å²) in [5.74, 6) is 0.0102. The number of fused-ring (bicyclic) bond motifs is 1. The van der Waals surface area contributed by atoms with E-state index in [1.54, 1.807) is 6.07 Å². The highest BCUT2D eigenvalue weighted by Gasteiger charge is 2.29. The number of hydrogen-bond donors (Lipinski definition) is 1. The van der Waals surface area contributed by atoms with Crippen molar-refractivity contribution < 1.29 is 17.9 Å². The van der Waals surface area contributed by atoms with Crippen LogP contribution < -0.4 is 10.1 Å². The Morgan fingerprint density at radius 2 is 1.71 bits per heavy atom. The lowest BCUT2D eigenvalue weighted by molar-refractivity contribution is 0.0936. The third kappa shape index (κ3) is 4.48. The number of sulfonamides is 1. The van der Waals surface area contributed by atoms with Crippen LogP contribution in [0.1, 0.15) is 65.7 Å². The largest absolute Gasteiger partial charge is 0.496 e. The second-order valence-corrected chi connectivity index (χ2v) is 10.3. The van der Waals surface area contributed by atoms with Crippen molar-refractivity contribution in [1.29, 1.82) is 0 Å². The number of methoxy groups -OCH3 is 1. The predicted octanol–water partition coefficient (Wildman–Crippen LogP) is 3.85. The van der Waals surface area contributed by atoms with E-state index < -0.39 is 10.0 Å². The molecule has 2 aromatic carbocycles. The Bertz CT molecular complexity index is 1070. The van der Waals surface area contributed by atoms with Crippen molar-refractivity contribution in [3.05, 3.63) is 58.7 Å². The van der Waals surface area contributed by atoms with Gasteiger partial charge >= 0.3 is 0 Å². The Labute approximate surface area is 184 Å². The topological polar surface area (TPSA) is 75.7 Å². The second-order valence-electron chi connectivity index (χ2n) is 8.40. The molecule has 0 unspecified atom stereocenters. The number of nitrogens with one attached hydrogen (secondary N) is 1. The molecule has 7 heteroatoms. The van der Waals surface area contributed by atoms with Crippen LogP contribution in [0, 0.1) is 0 Å². The molecule has 0 spiro atoms. The number of benzene rings is 2. The first kappa shape index (κ1) is 21.8. The van der Waals surface area contributed by atoms with Gasteiger partial charge in [-0.15, -0.1) is 0 Å². The first-order chi connectivity index (χ1) is 14.9. The molecule has 4 rings (SSSR count). The number of ether oxygens (including phenoxy) is 1. The monoisotopic (exact) mass is 442 g/mol. The van der Waals surface area contributed by atoms with E-state index >= 15 is 0 Å². The fourth-order valence-corrected chi connectivity index (χ4v) is 6.03. The van der Waals surface area contributed by atoms with Crippen LogP contribution in [-0.2, 0) is 22.9 Å². The van der Waals surface area contributed by atoms with Crippen molar-refractivity contribution in [3.63, 3.8) is 0 Å². The van der Waals surface area contributed by atoms with E-state index in [9.17, 15) is 13.2 Å². The summed E-state index contributed by atoms with van der Waals surface area (Å²) < 4.78 is 32.7. The lowest BCUT2D eigenvalue weighted by atomic mass is 9.89. The summed E-state index contributed by atoms with van der Waals surface area (Å²) in [7, 11) is -2.13. The standard InChI is InChI=1S/C24H30N2O4S/c1-17(19-10-9-18-7-3-4-8-20(18)15-19)25-24(27)22-16-21(11-12-23(22)30-2)31(28,29)26-13-5-6-14-26/h9-12,15-17H,3-8,13-14H2,1-2H3,(H,25,27)/t17-/m1/s1. The molecule has 1 saturated heterocycles. The van der Waals surface area contributed by atoms with Crippen LogP contribution in [0.25, 0.3) is 0 Å². The molecule has 1 atom stereocenters. The van der Waals surface area contributed by atoms with Gasteiger partial charge in [-0.25, -0.2) is 8.42 Å². The van der Waals surface area contributed by atoms with Gasteiger partial charge in [-0.3, -0.25) is 4.79 Å². The zero-order valence-corrected chi connectivity index (χ0v) is 19.0. The van der Waals surface area contributed by atoms with E-state index in [1.807, 2.05) is 6.92 Å². The number of carbonyl (C=O) groups is 1. The maximum atomic E-state index is 13.1. The van der Waals surface area contributed by atoms with E-state index in [2.05, 4.69) is 23.5 Å². The van der Waals surface area contributed by atoms with Crippen molar-refractivity contribution in [3.8, 4) is 5.75 Å². The van der Waals surface area contributed by atoms with E-state index in [-0.39, 0.29) is 22.4 Å². The molecule has 6 nitrogen and oxygen atoms in total. The van der Waals surface area contributed by atoms with Gasteiger partial charge < -0.3 is 10.1 Å². The molecule has 0 radical (unpaired) electrons. The highest BCUT2D eigenvalue weighted by atomic mass is 32.2. The maximum absolute atomic E-state index is 13.1. The average Bonchev–Trinajstić information content (AvgIpc) is 3.34. The lowest BCUT2D eigenvalue weighted by Gasteiger charge is -2.21. The molecule has 1 aliphatic heterocycles. The van der Waals surface area contributed by atoms with Gasteiger partial charge in [-0.2, -0.15) is 4.31 Å². The molecular weight excluding hydrogens is 412 g/mol. The Balaban J connectivity index is 1.57. The molecule has 166 valence electrons. The summed E-state index contributed by atoms with van der Waals surface area (Å²) in [4.78, 5) is 13.2. The maximum Gasteiger partial charge on any atom is 0.255 e. The van der Waals surface area contributed by atoms with Crippen LogP contribution in [-0.4, -0.2) is 38.8 Å². The van der Waals surface area contributed by atoms with Crippen LogP contribution in [0.3, 0.4) is 0 Å². The Hall–Kier alpha value is -2.38. The van der Waals surface area contributed by atoms with Crippen molar-refractivity contribution in [2.45, 2.75) is 56.4 Å². The Morgan fingerprint density at radius 1 is 1.00 bits per heavy atom. The molecule has 1 amide bonds. The van der Waals surface area contributed by atoms with Gasteiger partial charge in [0.15, 0.2) is 0 Å². The second kappa shape index (κ2) is 9.01. The highest BCUT2D eigenvalue weighted by molar-refractivity contribution is 7.89. The SMILES string of the molecule is COc1ccc(S(=O)(=O)N2CCCC2)cc1C(=O)N[C@H](C)c1ccc2c(c1)CCCC2. The average molecular weight is 443 g/mol. The minimum atomic E-state index is -3.61. The van der Waals surface area contributed by atoms with Crippen LogP contribution in [0.15, 0.2) is 41.3 Å². The van der Waals surface area contributed by atoms with Crippen LogP contribution in [0.4, 0.5) is 0 Å². The number of hydrogen-bond acceptors (Lipinski definition) is 4. The number of rotatable bonds is 6. The van der Waals surface area contributed by atoms with Gasteiger partial charge in [-0.1, -0.05) is 18.2 Å². The third-order valence-corrected chi connectivity index (χ3v) is 8.23. The summed E-state index contributed by atoms with van der Waals surface area (Å²) in [6.07, 6.45) is 6.35. The van der Waals surface area contributed by atoms with Gasteiger partial charge in [0.1, 0.15) is 5.75 Å². The van der Waals surface area contributed by atoms with Crippen LogP contribution in [0.2, 0.25) is 0 Å². The normalized spacial score (nSPS) is 17.7. The summed E-state index contributed by atoms with van der Waals surface area (Å²) in [5.41, 5.74) is 4.04. The summed E-state index contributed by atoms with van der Waals surface area (Å²) in [6.45, 7) is 2.98.